The number of aryl methyl sites for hydroxylation is 2. The monoisotopic (exact) mass is 347 g/mol. The van der Waals surface area contributed by atoms with Gasteiger partial charge in [0.1, 0.15) is 18.5 Å². The van der Waals surface area contributed by atoms with Crippen LogP contribution in [0.1, 0.15) is 29.2 Å². The molecule has 0 fully saturated rings. The number of para-hydroxylation sites is 1. The first kappa shape index (κ1) is 19.0. The summed E-state index contributed by atoms with van der Waals surface area (Å²) in [6.07, 6.45) is -0.496. The van der Waals surface area contributed by atoms with Gasteiger partial charge in [0.05, 0.1) is 0 Å². The summed E-state index contributed by atoms with van der Waals surface area (Å²) < 4.78 is 5.78. The minimum absolute atomic E-state index is 0.322. The SMILES string of the molecule is Cc1ccc(CN(CC(C)C)C[C@H](O)COc2ccccc2C)s1. The highest BCUT2D eigenvalue weighted by Gasteiger charge is 2.15. The van der Waals surface area contributed by atoms with E-state index in [1.165, 1.54) is 9.75 Å². The smallest absolute Gasteiger partial charge is 0.122 e. The van der Waals surface area contributed by atoms with Crippen LogP contribution in [0.25, 0.3) is 0 Å². The Morgan fingerprint density at radius 3 is 2.46 bits per heavy atom. The van der Waals surface area contributed by atoms with Crippen molar-refractivity contribution >= 4 is 11.3 Å². The van der Waals surface area contributed by atoms with Crippen molar-refractivity contribution in [2.24, 2.45) is 5.92 Å². The lowest BCUT2D eigenvalue weighted by molar-refractivity contribution is 0.0616. The molecule has 0 radical (unpaired) electrons. The summed E-state index contributed by atoms with van der Waals surface area (Å²) in [4.78, 5) is 5.00. The predicted octanol–water partition coefficient (Wildman–Crippen LogP) is 4.26. The number of benzene rings is 1. The molecule has 0 amide bonds. The molecule has 1 atom stereocenters. The van der Waals surface area contributed by atoms with Gasteiger partial charge in [0.25, 0.3) is 0 Å². The van der Waals surface area contributed by atoms with E-state index >= 15 is 0 Å². The third-order valence-corrected chi connectivity index (χ3v) is 4.78. The number of hydrogen-bond donors (Lipinski definition) is 1. The van der Waals surface area contributed by atoms with Gasteiger partial charge in [-0.1, -0.05) is 32.0 Å². The van der Waals surface area contributed by atoms with Crippen LogP contribution in [0.4, 0.5) is 0 Å². The van der Waals surface area contributed by atoms with Crippen LogP contribution in [0.2, 0.25) is 0 Å². The van der Waals surface area contributed by atoms with Gasteiger partial charge in [-0.15, -0.1) is 11.3 Å². The van der Waals surface area contributed by atoms with E-state index in [0.717, 1.165) is 24.4 Å². The number of hydrogen-bond acceptors (Lipinski definition) is 4. The van der Waals surface area contributed by atoms with E-state index < -0.39 is 6.10 Å². The van der Waals surface area contributed by atoms with Crippen molar-refractivity contribution in [2.45, 2.75) is 40.3 Å². The van der Waals surface area contributed by atoms with Gasteiger partial charge in [0.15, 0.2) is 0 Å². The highest BCUT2D eigenvalue weighted by Crippen LogP contribution is 2.19. The van der Waals surface area contributed by atoms with Gasteiger partial charge in [-0.3, -0.25) is 4.90 Å². The van der Waals surface area contributed by atoms with Crippen molar-refractivity contribution < 1.29 is 9.84 Å². The molecule has 0 saturated carbocycles. The molecule has 4 heteroatoms. The van der Waals surface area contributed by atoms with Gasteiger partial charge in [-0.25, -0.2) is 0 Å². The Balaban J connectivity index is 1.89. The first-order valence-electron chi connectivity index (χ1n) is 8.58. The molecule has 3 nitrogen and oxygen atoms in total. The molecule has 24 heavy (non-hydrogen) atoms. The average Bonchev–Trinajstić information content (AvgIpc) is 2.91. The van der Waals surface area contributed by atoms with Crippen molar-refractivity contribution in [3.05, 3.63) is 51.7 Å². The maximum absolute atomic E-state index is 10.4. The van der Waals surface area contributed by atoms with Gasteiger partial charge < -0.3 is 9.84 Å². The molecular formula is C20H29NO2S. The van der Waals surface area contributed by atoms with Crippen molar-refractivity contribution in [1.29, 1.82) is 0 Å². The summed E-state index contributed by atoms with van der Waals surface area (Å²) >= 11 is 1.83. The number of rotatable bonds is 9. The van der Waals surface area contributed by atoms with E-state index in [2.05, 4.69) is 37.8 Å². The maximum atomic E-state index is 10.4. The molecule has 0 aliphatic heterocycles. The van der Waals surface area contributed by atoms with Crippen molar-refractivity contribution in [3.63, 3.8) is 0 Å². The summed E-state index contributed by atoms with van der Waals surface area (Å²) in [6, 6.07) is 12.3. The first-order chi connectivity index (χ1) is 11.4. The van der Waals surface area contributed by atoms with Gasteiger partial charge in [-0.05, 0) is 43.5 Å². The van der Waals surface area contributed by atoms with Crippen molar-refractivity contribution in [1.82, 2.24) is 4.90 Å². The van der Waals surface area contributed by atoms with Crippen LogP contribution in [0, 0.1) is 19.8 Å². The standard InChI is InChI=1S/C20H29NO2S/c1-15(2)11-21(13-19-10-9-17(4)24-19)12-18(22)14-23-20-8-6-5-7-16(20)3/h5-10,15,18,22H,11-14H2,1-4H3/t18-/m0/s1. The fourth-order valence-corrected chi connectivity index (χ4v) is 3.70. The Labute approximate surface area is 149 Å². The van der Waals surface area contributed by atoms with Crippen molar-refractivity contribution in [3.8, 4) is 5.75 Å². The molecule has 2 rings (SSSR count). The zero-order valence-electron chi connectivity index (χ0n) is 15.2. The largest absolute Gasteiger partial charge is 0.491 e. The number of aliphatic hydroxyl groups is 1. The Morgan fingerprint density at radius 2 is 1.83 bits per heavy atom. The van der Waals surface area contributed by atoms with E-state index in [-0.39, 0.29) is 0 Å². The van der Waals surface area contributed by atoms with E-state index in [1.54, 1.807) is 0 Å². The van der Waals surface area contributed by atoms with Crippen LogP contribution in [-0.4, -0.2) is 35.8 Å². The van der Waals surface area contributed by atoms with Gasteiger partial charge in [0, 0.05) is 29.4 Å². The Bertz CT molecular complexity index is 624. The third-order valence-electron chi connectivity index (χ3n) is 3.79. The molecule has 0 unspecified atom stereocenters. The second kappa shape index (κ2) is 9.21. The maximum Gasteiger partial charge on any atom is 0.122 e. The second-order valence-electron chi connectivity index (χ2n) is 6.83. The molecule has 0 bridgehead atoms. The molecule has 132 valence electrons. The van der Waals surface area contributed by atoms with Crippen LogP contribution in [0.15, 0.2) is 36.4 Å². The molecule has 0 aliphatic rings. The van der Waals surface area contributed by atoms with Gasteiger partial charge in [0.2, 0.25) is 0 Å². The second-order valence-corrected chi connectivity index (χ2v) is 8.20. The lowest BCUT2D eigenvalue weighted by atomic mass is 10.2. The van der Waals surface area contributed by atoms with Crippen LogP contribution < -0.4 is 4.74 Å². The van der Waals surface area contributed by atoms with Crippen LogP contribution in [0.3, 0.4) is 0 Å². The Hall–Kier alpha value is -1.36. The zero-order chi connectivity index (χ0) is 17.5. The van der Waals surface area contributed by atoms with E-state index in [4.69, 9.17) is 4.74 Å². The lowest BCUT2D eigenvalue weighted by Crippen LogP contribution is -2.37. The fourth-order valence-electron chi connectivity index (χ4n) is 2.77. The molecular weight excluding hydrogens is 318 g/mol. The highest BCUT2D eigenvalue weighted by atomic mass is 32.1. The van der Waals surface area contributed by atoms with Crippen LogP contribution in [0.5, 0.6) is 5.75 Å². The summed E-state index contributed by atoms with van der Waals surface area (Å²) in [5.74, 6) is 1.41. The summed E-state index contributed by atoms with van der Waals surface area (Å²) in [7, 11) is 0. The first-order valence-corrected chi connectivity index (χ1v) is 9.40. The molecule has 0 aliphatic carbocycles. The number of ether oxygens (including phenoxy) is 1. The van der Waals surface area contributed by atoms with E-state index in [1.807, 2.05) is 42.5 Å². The highest BCUT2D eigenvalue weighted by molar-refractivity contribution is 7.11. The zero-order valence-corrected chi connectivity index (χ0v) is 16.0. The molecule has 1 aromatic carbocycles. The topological polar surface area (TPSA) is 32.7 Å². The Morgan fingerprint density at radius 1 is 1.08 bits per heavy atom. The predicted molar refractivity (Wildman–Crippen MR) is 102 cm³/mol. The molecule has 0 spiro atoms. The number of thiophene rings is 1. The molecule has 0 saturated heterocycles. The average molecular weight is 348 g/mol. The Kier molecular flexibility index (Phi) is 7.28. The quantitative estimate of drug-likeness (QED) is 0.735. The summed E-state index contributed by atoms with van der Waals surface area (Å²) in [5, 5.41) is 10.4. The molecule has 1 heterocycles. The van der Waals surface area contributed by atoms with Crippen LogP contribution >= 0.6 is 11.3 Å². The molecule has 1 aromatic heterocycles. The number of aliphatic hydroxyl groups excluding tert-OH is 1. The minimum atomic E-state index is -0.496. The fraction of sp³-hybridized carbons (Fsp3) is 0.500. The minimum Gasteiger partial charge on any atom is -0.491 e. The molecule has 1 N–H and O–H groups in total. The molecule has 2 aromatic rings. The van der Waals surface area contributed by atoms with E-state index in [0.29, 0.717) is 19.1 Å². The number of nitrogens with zero attached hydrogens (tertiary/aromatic N) is 1. The summed E-state index contributed by atoms with van der Waals surface area (Å²) in [5.41, 5.74) is 1.10. The van der Waals surface area contributed by atoms with Crippen molar-refractivity contribution in [2.75, 3.05) is 19.7 Å². The van der Waals surface area contributed by atoms with Gasteiger partial charge >= 0.3 is 0 Å². The van der Waals surface area contributed by atoms with E-state index in [9.17, 15) is 5.11 Å². The van der Waals surface area contributed by atoms with Crippen LogP contribution in [-0.2, 0) is 6.54 Å². The van der Waals surface area contributed by atoms with Gasteiger partial charge in [-0.2, -0.15) is 0 Å². The lowest BCUT2D eigenvalue weighted by Gasteiger charge is -2.26. The third kappa shape index (κ3) is 6.27. The summed E-state index contributed by atoms with van der Waals surface area (Å²) in [6.45, 7) is 11.4. The normalized spacial score (nSPS) is 12.8.